The minimum absolute atomic E-state index is 0.0504. The molecule has 1 saturated heterocycles. The highest BCUT2D eigenvalue weighted by molar-refractivity contribution is 5.94. The molecule has 1 unspecified atom stereocenters. The number of amides is 1. The number of aliphatic hydroxyl groups is 1. The highest BCUT2D eigenvalue weighted by Gasteiger charge is 2.38. The van der Waals surface area contributed by atoms with Crippen LogP contribution in [0.15, 0.2) is 17.1 Å². The van der Waals surface area contributed by atoms with Crippen molar-refractivity contribution >= 4 is 28.7 Å². The topological polar surface area (TPSA) is 112 Å². The summed E-state index contributed by atoms with van der Waals surface area (Å²) in [5.74, 6) is -3.46. The van der Waals surface area contributed by atoms with Crippen LogP contribution >= 0.6 is 0 Å². The Labute approximate surface area is 200 Å². The number of rotatable bonds is 4. The Morgan fingerprint density at radius 2 is 1.86 bits per heavy atom. The Bertz CT molecular complexity index is 1250. The molecule has 1 aliphatic carbocycles. The first-order valence-electron chi connectivity index (χ1n) is 11.5. The quantitative estimate of drug-likeness (QED) is 0.673. The van der Waals surface area contributed by atoms with Gasteiger partial charge < -0.3 is 24.4 Å². The van der Waals surface area contributed by atoms with Crippen LogP contribution in [0.3, 0.4) is 0 Å². The van der Waals surface area contributed by atoms with Crippen molar-refractivity contribution in [2.24, 2.45) is 0 Å². The number of halogens is 2. The monoisotopic (exact) mass is 493 g/mol. The zero-order chi connectivity index (χ0) is 25.8. The van der Waals surface area contributed by atoms with Crippen LogP contribution in [0.25, 0.3) is 10.9 Å². The van der Waals surface area contributed by atoms with E-state index in [-0.39, 0.29) is 42.3 Å². The van der Waals surface area contributed by atoms with Gasteiger partial charge in [-0.25, -0.2) is 18.4 Å². The summed E-state index contributed by atoms with van der Waals surface area (Å²) in [5.41, 5.74) is -2.79. The number of carbonyl (C=O) groups is 2. The zero-order valence-electron chi connectivity index (χ0n) is 20.0. The maximum atomic E-state index is 15.9. The van der Waals surface area contributed by atoms with Crippen LogP contribution in [0, 0.1) is 11.6 Å². The van der Waals surface area contributed by atoms with E-state index in [1.165, 1.54) is 21.3 Å². The number of benzene rings is 1. The molecule has 0 spiro atoms. The first-order chi connectivity index (χ1) is 16.3. The van der Waals surface area contributed by atoms with Crippen LogP contribution in [-0.2, 0) is 4.74 Å². The van der Waals surface area contributed by atoms with E-state index in [4.69, 9.17) is 4.74 Å². The summed E-state index contributed by atoms with van der Waals surface area (Å²) in [6.45, 7) is 6.67. The maximum Gasteiger partial charge on any atom is 0.410 e. The average molecular weight is 494 g/mol. The van der Waals surface area contributed by atoms with Crippen molar-refractivity contribution in [1.29, 1.82) is 0 Å². The lowest BCUT2D eigenvalue weighted by Crippen LogP contribution is -2.60. The molecule has 1 saturated carbocycles. The summed E-state index contributed by atoms with van der Waals surface area (Å²) in [6, 6.07) is -0.106. The fourth-order valence-corrected chi connectivity index (χ4v) is 4.49. The highest BCUT2D eigenvalue weighted by Crippen LogP contribution is 2.40. The number of fused-ring (bicyclic) bond motifs is 1. The molecule has 1 aromatic carbocycles. The molecule has 9 nitrogen and oxygen atoms in total. The van der Waals surface area contributed by atoms with Gasteiger partial charge in [-0.2, -0.15) is 0 Å². The third kappa shape index (κ3) is 4.69. The van der Waals surface area contributed by atoms with Crippen LogP contribution in [0.1, 0.15) is 56.9 Å². The van der Waals surface area contributed by atoms with E-state index in [9.17, 15) is 24.6 Å². The molecule has 11 heteroatoms. The van der Waals surface area contributed by atoms with Crippen molar-refractivity contribution in [1.82, 2.24) is 9.47 Å². The van der Waals surface area contributed by atoms with E-state index in [1.807, 2.05) is 0 Å². The van der Waals surface area contributed by atoms with Crippen molar-refractivity contribution in [2.75, 3.05) is 24.5 Å². The van der Waals surface area contributed by atoms with E-state index in [2.05, 4.69) is 0 Å². The summed E-state index contributed by atoms with van der Waals surface area (Å²) >= 11 is 0. The van der Waals surface area contributed by atoms with Crippen molar-refractivity contribution in [3.63, 3.8) is 0 Å². The van der Waals surface area contributed by atoms with E-state index >= 15 is 8.78 Å². The summed E-state index contributed by atoms with van der Waals surface area (Å²) in [7, 11) is 0. The number of hydrogen-bond acceptors (Lipinski definition) is 6. The van der Waals surface area contributed by atoms with Crippen molar-refractivity contribution < 1.29 is 33.3 Å². The molecule has 2 aromatic rings. The van der Waals surface area contributed by atoms with Gasteiger partial charge in [-0.05, 0) is 46.6 Å². The number of carbonyl (C=O) groups excluding carboxylic acids is 1. The number of ether oxygens (including phenoxy) is 1. The smallest absolute Gasteiger partial charge is 0.410 e. The lowest BCUT2D eigenvalue weighted by molar-refractivity contribution is -0.00566. The molecule has 0 bridgehead atoms. The third-order valence-corrected chi connectivity index (χ3v) is 6.27. The Kier molecular flexibility index (Phi) is 6.25. The van der Waals surface area contributed by atoms with Crippen molar-refractivity contribution in [3.05, 3.63) is 39.7 Å². The number of piperazine rings is 1. The Morgan fingerprint density at radius 3 is 2.40 bits per heavy atom. The number of pyridine rings is 1. The van der Waals surface area contributed by atoms with Crippen molar-refractivity contribution in [3.8, 4) is 0 Å². The molecular weight excluding hydrogens is 464 g/mol. The highest BCUT2D eigenvalue weighted by atomic mass is 19.1. The summed E-state index contributed by atoms with van der Waals surface area (Å²) < 4.78 is 38.0. The molecule has 2 N–H and O–H groups in total. The second kappa shape index (κ2) is 8.78. The number of carboxylic acids is 1. The van der Waals surface area contributed by atoms with Crippen LogP contribution in [-0.4, -0.2) is 69.1 Å². The average Bonchev–Trinajstić information content (AvgIpc) is 3.58. The molecule has 35 heavy (non-hydrogen) atoms. The van der Waals surface area contributed by atoms with Crippen LogP contribution in [0.5, 0.6) is 0 Å². The zero-order valence-corrected chi connectivity index (χ0v) is 20.0. The fourth-order valence-electron chi connectivity index (χ4n) is 4.49. The SMILES string of the molecule is CC(O)[C@@H]1CN(c2c(F)cc3c(=O)c(C(=O)O)cn(C4CC4)c3c2F)CCN1C(=O)OC(C)(C)C. The first-order valence-corrected chi connectivity index (χ1v) is 11.5. The maximum absolute atomic E-state index is 15.9. The number of anilines is 1. The van der Waals surface area contributed by atoms with Gasteiger partial charge >= 0.3 is 12.1 Å². The van der Waals surface area contributed by atoms with Crippen LogP contribution in [0.4, 0.5) is 19.3 Å². The van der Waals surface area contributed by atoms with Gasteiger partial charge in [0.2, 0.25) is 5.43 Å². The van der Waals surface area contributed by atoms with Crippen molar-refractivity contribution in [2.45, 2.75) is 64.3 Å². The lowest BCUT2D eigenvalue weighted by atomic mass is 10.0. The molecule has 2 fully saturated rings. The molecule has 2 heterocycles. The summed E-state index contributed by atoms with van der Waals surface area (Å²) in [6.07, 6.45) is 0.837. The summed E-state index contributed by atoms with van der Waals surface area (Å²) in [4.78, 5) is 39.7. The predicted molar refractivity (Wildman–Crippen MR) is 124 cm³/mol. The Morgan fingerprint density at radius 1 is 1.20 bits per heavy atom. The molecule has 1 aliphatic heterocycles. The molecule has 1 aromatic heterocycles. The van der Waals surface area contributed by atoms with Gasteiger partial charge in [0.1, 0.15) is 22.7 Å². The van der Waals surface area contributed by atoms with Gasteiger partial charge in [0, 0.05) is 31.9 Å². The van der Waals surface area contributed by atoms with Gasteiger partial charge in [0.05, 0.1) is 23.0 Å². The van der Waals surface area contributed by atoms with Gasteiger partial charge in [-0.1, -0.05) is 0 Å². The largest absolute Gasteiger partial charge is 0.477 e. The molecular formula is C24H29F2N3O6. The lowest BCUT2D eigenvalue weighted by Gasteiger charge is -2.43. The van der Waals surface area contributed by atoms with Gasteiger partial charge in [-0.3, -0.25) is 9.69 Å². The normalized spacial score (nSPS) is 19.7. The van der Waals surface area contributed by atoms with Gasteiger partial charge in [-0.15, -0.1) is 0 Å². The molecule has 190 valence electrons. The molecule has 0 radical (unpaired) electrons. The standard InChI is InChI=1S/C24H29F2N3O6/c1-12(30)17-11-27(7-8-28(17)23(34)35-24(2,3)4)20-16(25)9-14-19(18(20)26)29(13-5-6-13)10-15(21(14)31)22(32)33/h9-10,12-13,17,30H,5-8,11H2,1-4H3,(H,32,33)/t12?,17-/m0/s1. The number of aliphatic hydroxyl groups excluding tert-OH is 1. The number of aromatic carboxylic acids is 1. The number of nitrogens with zero attached hydrogens (tertiary/aromatic N) is 3. The molecule has 2 atom stereocenters. The van der Waals surface area contributed by atoms with E-state index < -0.39 is 52.4 Å². The number of carboxylic acid groups (broad SMARTS) is 1. The minimum atomic E-state index is -1.46. The molecule has 1 amide bonds. The summed E-state index contributed by atoms with van der Waals surface area (Å²) in [5, 5.41) is 19.4. The Hall–Kier alpha value is -3.21. The second-order valence-corrected chi connectivity index (χ2v) is 10.2. The van der Waals surface area contributed by atoms with E-state index in [0.717, 1.165) is 12.3 Å². The predicted octanol–water partition coefficient (Wildman–Crippen LogP) is 3.12. The van der Waals surface area contributed by atoms with Crippen LogP contribution < -0.4 is 10.3 Å². The number of aromatic nitrogens is 1. The molecule has 2 aliphatic rings. The minimum Gasteiger partial charge on any atom is -0.477 e. The number of hydrogen-bond donors (Lipinski definition) is 2. The van der Waals surface area contributed by atoms with Gasteiger partial charge in [0.25, 0.3) is 0 Å². The Balaban J connectivity index is 1.77. The third-order valence-electron chi connectivity index (χ3n) is 6.27. The second-order valence-electron chi connectivity index (χ2n) is 10.2. The van der Waals surface area contributed by atoms with Crippen LogP contribution in [0.2, 0.25) is 0 Å². The van der Waals surface area contributed by atoms with E-state index in [1.54, 1.807) is 20.8 Å². The first kappa shape index (κ1) is 24.9. The van der Waals surface area contributed by atoms with Gasteiger partial charge in [0.15, 0.2) is 5.82 Å². The van der Waals surface area contributed by atoms with E-state index in [0.29, 0.717) is 12.8 Å². The fraction of sp³-hybridized carbons (Fsp3) is 0.542. The molecule has 4 rings (SSSR count).